The van der Waals surface area contributed by atoms with E-state index >= 15 is 0 Å². The van der Waals surface area contributed by atoms with E-state index in [1.165, 1.54) is 12.1 Å². The van der Waals surface area contributed by atoms with Crippen LogP contribution < -0.4 is 10.9 Å². The zero-order valence-electron chi connectivity index (χ0n) is 18.8. The van der Waals surface area contributed by atoms with Crippen LogP contribution in [-0.4, -0.2) is 27.3 Å². The van der Waals surface area contributed by atoms with Gasteiger partial charge in [0.1, 0.15) is 11.6 Å². The van der Waals surface area contributed by atoms with Crippen molar-refractivity contribution < 1.29 is 9.18 Å². The number of aromatic amines is 1. The molecule has 0 bridgehead atoms. The first kappa shape index (κ1) is 26.3. The molecule has 0 spiro atoms. The Kier molecular flexibility index (Phi) is 10.4. The standard InChI is InChI=1S/C19H22FN3O2.C5H9Cl/c1-12(2)19(25)21-11-13(3)8-9-17-22-16(10-18(24)23-17)14-6-4-5-7-15(14)20;1-4-5(2,3)6/h4-8,10,12H,9,11H2,1-3H3,(H,21,25)(H,22,23,24);4H,1H2,2-3H3/b13-8+;. The predicted octanol–water partition coefficient (Wildman–Crippen LogP) is 5.03. The summed E-state index contributed by atoms with van der Waals surface area (Å²) in [5.74, 6) is -0.0564. The van der Waals surface area contributed by atoms with Crippen molar-refractivity contribution in [3.05, 3.63) is 76.6 Å². The number of alkyl halides is 1. The first-order valence-corrected chi connectivity index (χ1v) is 10.4. The highest BCUT2D eigenvalue weighted by Crippen LogP contribution is 2.19. The number of hydrogen-bond acceptors (Lipinski definition) is 3. The van der Waals surface area contributed by atoms with Gasteiger partial charge in [-0.2, -0.15) is 0 Å². The number of nitrogens with zero attached hydrogens (tertiary/aromatic N) is 1. The summed E-state index contributed by atoms with van der Waals surface area (Å²) in [5.41, 5.74) is 1.21. The second kappa shape index (κ2) is 12.2. The van der Waals surface area contributed by atoms with E-state index < -0.39 is 5.82 Å². The van der Waals surface area contributed by atoms with Crippen LogP contribution in [0, 0.1) is 11.7 Å². The van der Waals surface area contributed by atoms with E-state index in [9.17, 15) is 14.0 Å². The molecule has 0 aliphatic rings. The lowest BCUT2D eigenvalue weighted by Gasteiger charge is -2.08. The molecule has 2 aromatic rings. The lowest BCUT2D eigenvalue weighted by Crippen LogP contribution is -2.29. The third kappa shape index (κ3) is 10.2. The van der Waals surface area contributed by atoms with E-state index in [-0.39, 0.29) is 22.3 Å². The van der Waals surface area contributed by atoms with Crippen LogP contribution in [0.25, 0.3) is 11.3 Å². The van der Waals surface area contributed by atoms with Crippen molar-refractivity contribution in [2.24, 2.45) is 5.92 Å². The Labute approximate surface area is 188 Å². The van der Waals surface area contributed by atoms with Gasteiger partial charge in [-0.15, -0.1) is 18.2 Å². The van der Waals surface area contributed by atoms with Gasteiger partial charge < -0.3 is 10.3 Å². The van der Waals surface area contributed by atoms with Crippen molar-refractivity contribution in [1.82, 2.24) is 15.3 Å². The van der Waals surface area contributed by atoms with Gasteiger partial charge in [-0.3, -0.25) is 9.59 Å². The minimum Gasteiger partial charge on any atom is -0.352 e. The summed E-state index contributed by atoms with van der Waals surface area (Å²) in [6.07, 6.45) is 3.97. The second-order valence-corrected chi connectivity index (χ2v) is 8.93. The quantitative estimate of drug-likeness (QED) is 0.462. The number of halogens is 2. The largest absolute Gasteiger partial charge is 0.352 e. The molecule has 1 heterocycles. The summed E-state index contributed by atoms with van der Waals surface area (Å²) in [6, 6.07) is 7.48. The number of H-pyrrole nitrogens is 1. The molecule has 2 rings (SSSR count). The lowest BCUT2D eigenvalue weighted by molar-refractivity contribution is -0.123. The molecule has 7 heteroatoms. The molecule has 5 nitrogen and oxygen atoms in total. The Morgan fingerprint density at radius 2 is 1.97 bits per heavy atom. The Morgan fingerprint density at radius 3 is 2.52 bits per heavy atom. The number of carbonyl (C=O) groups is 1. The number of nitrogens with one attached hydrogen (secondary N) is 2. The summed E-state index contributed by atoms with van der Waals surface area (Å²) in [7, 11) is 0. The molecular weight excluding hydrogens is 417 g/mol. The van der Waals surface area contributed by atoms with E-state index in [1.54, 1.807) is 24.3 Å². The van der Waals surface area contributed by atoms with Gasteiger partial charge in [0.05, 0.1) is 10.6 Å². The fourth-order valence-electron chi connectivity index (χ4n) is 2.19. The number of rotatable bonds is 7. The van der Waals surface area contributed by atoms with E-state index in [0.717, 1.165) is 5.57 Å². The second-order valence-electron chi connectivity index (χ2n) is 7.95. The minimum atomic E-state index is -0.422. The average Bonchev–Trinajstić information content (AvgIpc) is 2.70. The molecule has 0 radical (unpaired) electrons. The predicted molar refractivity (Wildman–Crippen MR) is 126 cm³/mol. The van der Waals surface area contributed by atoms with Crippen LogP contribution in [0.4, 0.5) is 4.39 Å². The fourth-order valence-corrected chi connectivity index (χ4v) is 2.19. The molecule has 0 unspecified atom stereocenters. The van der Waals surface area contributed by atoms with E-state index in [2.05, 4.69) is 21.9 Å². The summed E-state index contributed by atoms with van der Waals surface area (Å²) < 4.78 is 13.9. The van der Waals surface area contributed by atoms with Gasteiger partial charge in [0.15, 0.2) is 0 Å². The van der Waals surface area contributed by atoms with Crippen LogP contribution in [-0.2, 0) is 11.2 Å². The van der Waals surface area contributed by atoms with Crippen LogP contribution in [0.15, 0.2) is 59.4 Å². The molecule has 168 valence electrons. The topological polar surface area (TPSA) is 74.8 Å². The molecule has 0 saturated heterocycles. The number of amides is 1. The van der Waals surface area contributed by atoms with Crippen molar-refractivity contribution >= 4 is 17.5 Å². The van der Waals surface area contributed by atoms with Crippen molar-refractivity contribution in [3.63, 3.8) is 0 Å². The maximum atomic E-state index is 13.9. The summed E-state index contributed by atoms with van der Waals surface area (Å²) in [6.45, 7) is 13.3. The van der Waals surface area contributed by atoms with Crippen LogP contribution in [0.3, 0.4) is 0 Å². The molecule has 0 fully saturated rings. The molecule has 1 aromatic carbocycles. The summed E-state index contributed by atoms with van der Waals surface area (Å²) in [5, 5.41) is 2.83. The van der Waals surface area contributed by atoms with Gasteiger partial charge in [0, 0.05) is 30.5 Å². The van der Waals surface area contributed by atoms with E-state index in [0.29, 0.717) is 30.0 Å². The Morgan fingerprint density at radius 1 is 1.35 bits per heavy atom. The van der Waals surface area contributed by atoms with Gasteiger partial charge in [-0.1, -0.05) is 43.7 Å². The number of benzene rings is 1. The molecule has 0 aliphatic heterocycles. The molecule has 1 amide bonds. The highest BCUT2D eigenvalue weighted by molar-refractivity contribution is 6.24. The van der Waals surface area contributed by atoms with Gasteiger partial charge in [-0.25, -0.2) is 9.37 Å². The molecule has 2 N–H and O–H groups in total. The highest BCUT2D eigenvalue weighted by atomic mass is 35.5. The van der Waals surface area contributed by atoms with Gasteiger partial charge in [-0.05, 0) is 32.9 Å². The monoisotopic (exact) mass is 447 g/mol. The zero-order chi connectivity index (χ0) is 23.6. The third-order valence-corrected chi connectivity index (χ3v) is 4.29. The molecule has 31 heavy (non-hydrogen) atoms. The Bertz CT molecular complexity index is 975. The van der Waals surface area contributed by atoms with Crippen LogP contribution in [0.5, 0.6) is 0 Å². The minimum absolute atomic E-state index is 0.0131. The summed E-state index contributed by atoms with van der Waals surface area (Å²) in [4.78, 5) is 30.2. The molecular formula is C24H31ClFN3O2. The average molecular weight is 448 g/mol. The van der Waals surface area contributed by atoms with E-state index in [1.807, 2.05) is 40.7 Å². The first-order valence-electron chi connectivity index (χ1n) is 10.0. The number of allylic oxidation sites excluding steroid dienone is 2. The number of hydrogen-bond donors (Lipinski definition) is 2. The van der Waals surface area contributed by atoms with Gasteiger partial charge >= 0.3 is 0 Å². The maximum Gasteiger partial charge on any atom is 0.251 e. The van der Waals surface area contributed by atoms with Crippen LogP contribution in [0.2, 0.25) is 0 Å². The fraction of sp³-hybridized carbons (Fsp3) is 0.375. The SMILES string of the molecule is C/C(=C\Cc1nc(-c2ccccc2F)cc(=O)[nH]1)CNC(=O)C(C)C.C=CC(C)(C)Cl. The highest BCUT2D eigenvalue weighted by Gasteiger charge is 2.09. The number of carbonyl (C=O) groups excluding carboxylic acids is 1. The third-order valence-electron chi connectivity index (χ3n) is 4.14. The first-order chi connectivity index (χ1) is 14.4. The lowest BCUT2D eigenvalue weighted by atomic mass is 10.1. The van der Waals surface area contributed by atoms with Crippen molar-refractivity contribution in [1.29, 1.82) is 0 Å². The number of aromatic nitrogens is 2. The van der Waals surface area contributed by atoms with Crippen molar-refractivity contribution in [3.8, 4) is 11.3 Å². The van der Waals surface area contributed by atoms with Gasteiger partial charge in [0.25, 0.3) is 5.56 Å². The maximum absolute atomic E-state index is 13.9. The van der Waals surface area contributed by atoms with Crippen LogP contribution in [0.1, 0.15) is 40.4 Å². The van der Waals surface area contributed by atoms with E-state index in [4.69, 9.17) is 11.6 Å². The molecule has 1 aromatic heterocycles. The molecule has 0 atom stereocenters. The molecule has 0 saturated carbocycles. The van der Waals surface area contributed by atoms with Crippen LogP contribution >= 0.6 is 11.6 Å². The smallest absolute Gasteiger partial charge is 0.251 e. The summed E-state index contributed by atoms with van der Waals surface area (Å²) >= 11 is 5.60. The van der Waals surface area contributed by atoms with Gasteiger partial charge in [0.2, 0.25) is 5.91 Å². The van der Waals surface area contributed by atoms with Crippen molar-refractivity contribution in [2.45, 2.75) is 45.9 Å². The Hall–Kier alpha value is -2.73. The van der Waals surface area contributed by atoms with Crippen molar-refractivity contribution in [2.75, 3.05) is 6.54 Å². The Balaban J connectivity index is 0.000000703. The zero-order valence-corrected chi connectivity index (χ0v) is 19.5. The molecule has 0 aliphatic carbocycles. The normalized spacial score (nSPS) is 11.5.